The average molecular weight is 257 g/mol. The third-order valence-electron chi connectivity index (χ3n) is 1.53. The lowest BCUT2D eigenvalue weighted by atomic mass is 10.2. The maximum Gasteiger partial charge on any atom is 0.407 e. The Kier molecular flexibility index (Phi) is 5.39. The predicted octanol–water partition coefficient (Wildman–Crippen LogP) is 2.41. The van der Waals surface area contributed by atoms with Crippen LogP contribution >= 0.6 is 0 Å². The van der Waals surface area contributed by atoms with Gasteiger partial charge in [-0.05, 0) is 41.5 Å². The van der Waals surface area contributed by atoms with E-state index in [0.29, 0.717) is 0 Å². The summed E-state index contributed by atoms with van der Waals surface area (Å²) < 4.78 is 10.1. The zero-order valence-corrected chi connectivity index (χ0v) is 12.0. The summed E-state index contributed by atoms with van der Waals surface area (Å²) in [6.07, 6.45) is -0.591. The first-order valence-corrected chi connectivity index (χ1v) is 5.79. The van der Waals surface area contributed by atoms with Gasteiger partial charge in [-0.25, -0.2) is 9.59 Å². The number of hydrogen-bond donors (Lipinski definition) is 1. The molecule has 0 aromatic carbocycles. The topological polar surface area (TPSA) is 64.6 Å². The van der Waals surface area contributed by atoms with Gasteiger partial charge in [0.15, 0.2) is 0 Å². The molecular weight excluding hydrogens is 234 g/mol. The second kappa shape index (κ2) is 5.89. The molecule has 0 bridgehead atoms. The van der Waals surface area contributed by atoms with Crippen LogP contribution < -0.4 is 5.32 Å². The van der Waals surface area contributed by atoms with Crippen LogP contribution in [0.25, 0.3) is 0 Å². The highest BCUT2D eigenvalue weighted by Gasteiger charge is 2.20. The summed E-state index contributed by atoms with van der Waals surface area (Å²) in [6, 6.07) is 0. The largest absolute Gasteiger partial charge is 0.457 e. The number of rotatable bonds is 3. The van der Waals surface area contributed by atoms with E-state index in [1.165, 1.54) is 0 Å². The van der Waals surface area contributed by atoms with Crippen molar-refractivity contribution in [1.82, 2.24) is 5.32 Å². The minimum absolute atomic E-state index is 0.00380. The highest BCUT2D eigenvalue weighted by Crippen LogP contribution is 2.10. The van der Waals surface area contributed by atoms with Crippen LogP contribution in [-0.2, 0) is 14.3 Å². The Labute approximate surface area is 109 Å². The van der Waals surface area contributed by atoms with Gasteiger partial charge in [-0.1, -0.05) is 6.58 Å². The first-order chi connectivity index (χ1) is 7.91. The quantitative estimate of drug-likeness (QED) is 0.623. The molecule has 0 aromatic heterocycles. The summed E-state index contributed by atoms with van der Waals surface area (Å²) in [5.74, 6) is -0.529. The SMILES string of the molecule is C=C(CNC(=O)OC(C)(C)C)C(=O)OC(C)(C)C. The molecule has 0 heterocycles. The summed E-state index contributed by atoms with van der Waals surface area (Å²) in [7, 11) is 0. The molecule has 0 saturated heterocycles. The fraction of sp³-hybridized carbons (Fsp3) is 0.692. The van der Waals surface area contributed by atoms with Gasteiger partial charge in [-0.3, -0.25) is 0 Å². The van der Waals surface area contributed by atoms with Gasteiger partial charge in [-0.2, -0.15) is 0 Å². The fourth-order valence-electron chi connectivity index (χ4n) is 0.915. The van der Waals surface area contributed by atoms with Crippen LogP contribution in [0.4, 0.5) is 4.79 Å². The van der Waals surface area contributed by atoms with Crippen molar-refractivity contribution in [2.24, 2.45) is 0 Å². The van der Waals surface area contributed by atoms with Gasteiger partial charge in [0.2, 0.25) is 0 Å². The number of esters is 1. The Morgan fingerprint density at radius 2 is 1.44 bits per heavy atom. The van der Waals surface area contributed by atoms with E-state index in [0.717, 1.165) is 0 Å². The van der Waals surface area contributed by atoms with Crippen molar-refractivity contribution in [3.63, 3.8) is 0 Å². The van der Waals surface area contributed by atoms with Gasteiger partial charge in [0.05, 0.1) is 6.54 Å². The molecule has 0 aliphatic carbocycles. The van der Waals surface area contributed by atoms with E-state index in [1.807, 2.05) is 0 Å². The standard InChI is InChI=1S/C13H23NO4/c1-9(10(15)17-12(2,3)4)8-14-11(16)18-13(5,6)7/h1,8H2,2-7H3,(H,14,16). The number of nitrogens with one attached hydrogen (secondary N) is 1. The predicted molar refractivity (Wildman–Crippen MR) is 69.2 cm³/mol. The summed E-state index contributed by atoms with van der Waals surface area (Å²) in [4.78, 5) is 22.9. The van der Waals surface area contributed by atoms with Crippen LogP contribution in [0, 0.1) is 0 Å². The first-order valence-electron chi connectivity index (χ1n) is 5.79. The van der Waals surface area contributed by atoms with Gasteiger partial charge in [-0.15, -0.1) is 0 Å². The molecule has 0 aliphatic rings. The molecule has 0 fully saturated rings. The van der Waals surface area contributed by atoms with E-state index in [2.05, 4.69) is 11.9 Å². The maximum absolute atomic E-state index is 11.5. The molecule has 0 aliphatic heterocycles. The number of ether oxygens (including phenoxy) is 2. The number of alkyl carbamates (subject to hydrolysis) is 1. The molecule has 0 atom stereocenters. The molecule has 1 amide bonds. The zero-order chi connectivity index (χ0) is 14.6. The van der Waals surface area contributed by atoms with Crippen molar-refractivity contribution >= 4 is 12.1 Å². The van der Waals surface area contributed by atoms with Crippen LogP contribution in [-0.4, -0.2) is 29.8 Å². The normalized spacial score (nSPS) is 11.7. The van der Waals surface area contributed by atoms with Gasteiger partial charge in [0.25, 0.3) is 0 Å². The van der Waals surface area contributed by atoms with Crippen LogP contribution in [0.1, 0.15) is 41.5 Å². The summed E-state index contributed by atoms with van der Waals surface area (Å²) >= 11 is 0. The molecule has 18 heavy (non-hydrogen) atoms. The maximum atomic E-state index is 11.5. The fourth-order valence-corrected chi connectivity index (χ4v) is 0.915. The Morgan fingerprint density at radius 3 is 1.83 bits per heavy atom. The number of amides is 1. The molecule has 0 aromatic rings. The lowest BCUT2D eigenvalue weighted by Gasteiger charge is -2.21. The van der Waals surface area contributed by atoms with E-state index < -0.39 is 23.3 Å². The molecule has 5 heteroatoms. The minimum atomic E-state index is -0.591. The van der Waals surface area contributed by atoms with Gasteiger partial charge in [0, 0.05) is 5.57 Å². The van der Waals surface area contributed by atoms with Gasteiger partial charge >= 0.3 is 12.1 Å². The van der Waals surface area contributed by atoms with Crippen molar-refractivity contribution in [2.75, 3.05) is 6.54 Å². The van der Waals surface area contributed by atoms with Gasteiger partial charge < -0.3 is 14.8 Å². The van der Waals surface area contributed by atoms with E-state index in [4.69, 9.17) is 9.47 Å². The van der Waals surface area contributed by atoms with E-state index in [1.54, 1.807) is 41.5 Å². The van der Waals surface area contributed by atoms with E-state index in [9.17, 15) is 9.59 Å². The minimum Gasteiger partial charge on any atom is -0.457 e. The summed E-state index contributed by atoms with van der Waals surface area (Å²) in [6.45, 7) is 14.1. The van der Waals surface area contributed by atoms with Crippen LogP contribution in [0.15, 0.2) is 12.2 Å². The third kappa shape index (κ3) is 8.61. The monoisotopic (exact) mass is 257 g/mol. The second-order valence-corrected chi connectivity index (χ2v) is 5.96. The van der Waals surface area contributed by atoms with Crippen LogP contribution in [0.2, 0.25) is 0 Å². The second-order valence-electron chi connectivity index (χ2n) is 5.96. The van der Waals surface area contributed by atoms with Gasteiger partial charge in [0.1, 0.15) is 11.2 Å². The van der Waals surface area contributed by atoms with Crippen molar-refractivity contribution in [3.8, 4) is 0 Å². The lowest BCUT2D eigenvalue weighted by Crippen LogP contribution is -2.35. The van der Waals surface area contributed by atoms with Crippen molar-refractivity contribution in [2.45, 2.75) is 52.7 Å². The average Bonchev–Trinajstić information content (AvgIpc) is 2.08. The smallest absolute Gasteiger partial charge is 0.407 e. The molecule has 5 nitrogen and oxygen atoms in total. The summed E-state index contributed by atoms with van der Waals surface area (Å²) in [5.41, 5.74) is -0.973. The highest BCUT2D eigenvalue weighted by molar-refractivity contribution is 5.89. The number of hydrogen-bond acceptors (Lipinski definition) is 4. The lowest BCUT2D eigenvalue weighted by molar-refractivity contribution is -0.149. The highest BCUT2D eigenvalue weighted by atomic mass is 16.6. The Hall–Kier alpha value is -1.52. The Morgan fingerprint density at radius 1 is 1.00 bits per heavy atom. The van der Waals surface area contributed by atoms with Crippen molar-refractivity contribution in [3.05, 3.63) is 12.2 Å². The summed E-state index contributed by atoms with van der Waals surface area (Å²) in [5, 5.41) is 2.44. The van der Waals surface area contributed by atoms with Crippen LogP contribution in [0.3, 0.4) is 0 Å². The zero-order valence-electron chi connectivity index (χ0n) is 12.0. The molecular formula is C13H23NO4. The molecule has 104 valence electrons. The third-order valence-corrected chi connectivity index (χ3v) is 1.53. The first kappa shape index (κ1) is 16.5. The molecule has 0 rings (SSSR count). The number of carbonyl (C=O) groups excluding carboxylic acids is 2. The van der Waals surface area contributed by atoms with Crippen LogP contribution in [0.5, 0.6) is 0 Å². The molecule has 0 radical (unpaired) electrons. The molecule has 0 saturated carbocycles. The van der Waals surface area contributed by atoms with Crippen molar-refractivity contribution < 1.29 is 19.1 Å². The Bertz CT molecular complexity index is 334. The Balaban J connectivity index is 4.12. The molecule has 0 unspecified atom stereocenters. The molecule has 1 N–H and O–H groups in total. The number of carbonyl (C=O) groups is 2. The van der Waals surface area contributed by atoms with E-state index in [-0.39, 0.29) is 12.1 Å². The van der Waals surface area contributed by atoms with Crippen molar-refractivity contribution in [1.29, 1.82) is 0 Å². The van der Waals surface area contributed by atoms with E-state index >= 15 is 0 Å². The molecule has 0 spiro atoms.